The van der Waals surface area contributed by atoms with Gasteiger partial charge in [0.1, 0.15) is 11.5 Å². The number of esters is 1. The fourth-order valence-corrected chi connectivity index (χ4v) is 2.18. The molecule has 0 radical (unpaired) electrons. The van der Waals surface area contributed by atoms with E-state index in [1.54, 1.807) is 6.07 Å². The number of carbonyl (C=O) groups excluding carboxylic acids is 4. The molecule has 0 fully saturated rings. The van der Waals surface area contributed by atoms with Crippen molar-refractivity contribution in [2.75, 3.05) is 18.5 Å². The highest BCUT2D eigenvalue weighted by atomic mass is 16.5. The Kier molecular flexibility index (Phi) is 4.23. The molecule has 0 spiro atoms. The summed E-state index contributed by atoms with van der Waals surface area (Å²) in [5, 5.41) is 6.19. The maximum absolute atomic E-state index is 12.1. The van der Waals surface area contributed by atoms with Crippen molar-refractivity contribution in [1.29, 1.82) is 0 Å². The molecule has 0 unspecified atom stereocenters. The van der Waals surface area contributed by atoms with Gasteiger partial charge in [-0.1, -0.05) is 0 Å². The van der Waals surface area contributed by atoms with Gasteiger partial charge < -0.3 is 14.8 Å². The van der Waals surface area contributed by atoms with E-state index < -0.39 is 18.4 Å². The summed E-state index contributed by atoms with van der Waals surface area (Å²) < 4.78 is 10.1. The number of carbonyl (C=O) groups is 4. The molecule has 2 heterocycles. The van der Waals surface area contributed by atoms with Crippen LogP contribution in [-0.4, -0.2) is 42.5 Å². The number of hydrazone groups is 1. The van der Waals surface area contributed by atoms with Gasteiger partial charge in [0.2, 0.25) is 5.91 Å². The molecule has 9 heteroatoms. The fraction of sp³-hybridized carbons (Fsp3) is 0.267. The molecule has 2 aliphatic rings. The van der Waals surface area contributed by atoms with Gasteiger partial charge in [-0.3, -0.25) is 14.4 Å². The Morgan fingerprint density at radius 1 is 1.21 bits per heavy atom. The number of rotatable bonds is 4. The van der Waals surface area contributed by atoms with Crippen molar-refractivity contribution in [3.05, 3.63) is 23.8 Å². The Morgan fingerprint density at radius 3 is 2.79 bits per heavy atom. The third-order valence-corrected chi connectivity index (χ3v) is 3.41. The van der Waals surface area contributed by atoms with Gasteiger partial charge in [0, 0.05) is 18.4 Å². The molecule has 0 aliphatic carbocycles. The van der Waals surface area contributed by atoms with Gasteiger partial charge in [-0.15, -0.1) is 0 Å². The summed E-state index contributed by atoms with van der Waals surface area (Å²) in [6.45, 7) is -0.546. The summed E-state index contributed by atoms with van der Waals surface area (Å²) in [5.41, 5.74) is 2.90. The standard InChI is InChI=1S/C15H13N3O6/c19-11(6-24-15(22)9-2-4-13(20)18-17-9)8-1-3-12-10(5-8)16-14(21)7-23-12/h1,3,5H,2,4,6-7H2,(H,16,21)(H,18,20). The summed E-state index contributed by atoms with van der Waals surface area (Å²) >= 11 is 0. The van der Waals surface area contributed by atoms with Crippen LogP contribution in [0.25, 0.3) is 0 Å². The molecule has 3 rings (SSSR count). The van der Waals surface area contributed by atoms with Gasteiger partial charge in [-0.25, -0.2) is 10.2 Å². The zero-order chi connectivity index (χ0) is 17.1. The number of nitrogens with zero attached hydrogens (tertiary/aromatic N) is 1. The van der Waals surface area contributed by atoms with E-state index >= 15 is 0 Å². The van der Waals surface area contributed by atoms with Gasteiger partial charge >= 0.3 is 5.97 Å². The van der Waals surface area contributed by atoms with Crippen LogP contribution in [0.4, 0.5) is 5.69 Å². The molecule has 2 aliphatic heterocycles. The van der Waals surface area contributed by atoms with Crippen molar-refractivity contribution in [1.82, 2.24) is 5.43 Å². The van der Waals surface area contributed by atoms with E-state index in [4.69, 9.17) is 9.47 Å². The van der Waals surface area contributed by atoms with Crippen LogP contribution in [0.3, 0.4) is 0 Å². The van der Waals surface area contributed by atoms with E-state index in [2.05, 4.69) is 15.8 Å². The molecule has 1 aromatic rings. The van der Waals surface area contributed by atoms with Gasteiger partial charge in [-0.2, -0.15) is 5.10 Å². The minimum Gasteiger partial charge on any atom is -0.482 e. The summed E-state index contributed by atoms with van der Waals surface area (Å²) in [5.74, 6) is -1.31. The number of amides is 2. The summed E-state index contributed by atoms with van der Waals surface area (Å²) in [4.78, 5) is 46.1. The van der Waals surface area contributed by atoms with Crippen LogP contribution in [0, 0.1) is 0 Å². The Balaban J connectivity index is 1.61. The Bertz CT molecular complexity index is 770. The first-order chi connectivity index (χ1) is 11.5. The Morgan fingerprint density at radius 2 is 2.04 bits per heavy atom. The van der Waals surface area contributed by atoms with Gasteiger partial charge in [0.05, 0.1) is 5.69 Å². The third-order valence-electron chi connectivity index (χ3n) is 3.41. The summed E-state index contributed by atoms with van der Waals surface area (Å²) in [6, 6.07) is 4.54. The molecular formula is C15H13N3O6. The molecule has 0 bridgehead atoms. The predicted octanol–water partition coefficient (Wildman–Crippen LogP) is 0.00940. The van der Waals surface area contributed by atoms with Crippen LogP contribution in [0.15, 0.2) is 23.3 Å². The van der Waals surface area contributed by atoms with Gasteiger partial charge in [0.15, 0.2) is 19.0 Å². The number of ether oxygens (including phenoxy) is 2. The second-order valence-electron chi connectivity index (χ2n) is 5.14. The number of fused-ring (bicyclic) bond motifs is 1. The van der Waals surface area contributed by atoms with Crippen LogP contribution in [0.5, 0.6) is 5.75 Å². The molecule has 124 valence electrons. The smallest absolute Gasteiger partial charge is 0.354 e. The van der Waals surface area contributed by atoms with Crippen LogP contribution in [0.2, 0.25) is 0 Å². The molecule has 0 saturated heterocycles. The molecule has 0 aromatic heterocycles. The third kappa shape index (κ3) is 3.40. The Labute approximate surface area is 136 Å². The zero-order valence-electron chi connectivity index (χ0n) is 12.5. The lowest BCUT2D eigenvalue weighted by molar-refractivity contribution is -0.134. The first-order valence-electron chi connectivity index (χ1n) is 7.15. The topological polar surface area (TPSA) is 123 Å². The second-order valence-corrected chi connectivity index (χ2v) is 5.14. The first-order valence-corrected chi connectivity index (χ1v) is 7.15. The van der Waals surface area contributed by atoms with E-state index in [1.807, 2.05) is 0 Å². The molecule has 24 heavy (non-hydrogen) atoms. The average molecular weight is 331 g/mol. The Hall–Kier alpha value is -3.23. The molecule has 2 N–H and O–H groups in total. The lowest BCUT2D eigenvalue weighted by atomic mass is 10.1. The number of anilines is 1. The fourth-order valence-electron chi connectivity index (χ4n) is 2.18. The van der Waals surface area contributed by atoms with Crippen LogP contribution < -0.4 is 15.5 Å². The minimum absolute atomic E-state index is 0.0634. The van der Waals surface area contributed by atoms with Crippen molar-refractivity contribution in [3.8, 4) is 5.75 Å². The maximum Gasteiger partial charge on any atom is 0.354 e. The predicted molar refractivity (Wildman–Crippen MR) is 80.7 cm³/mol. The van der Waals surface area contributed by atoms with Crippen molar-refractivity contribution >= 4 is 35.0 Å². The molecule has 2 amide bonds. The number of hydrogen-bond acceptors (Lipinski definition) is 7. The van der Waals surface area contributed by atoms with Crippen LogP contribution >= 0.6 is 0 Å². The van der Waals surface area contributed by atoms with Crippen molar-refractivity contribution in [2.45, 2.75) is 12.8 Å². The number of ketones is 1. The molecule has 1 aromatic carbocycles. The highest BCUT2D eigenvalue weighted by molar-refractivity contribution is 6.37. The van der Waals surface area contributed by atoms with Crippen LogP contribution in [-0.2, 0) is 19.1 Å². The lowest BCUT2D eigenvalue weighted by Gasteiger charge is -2.18. The maximum atomic E-state index is 12.1. The number of hydrogen-bond donors (Lipinski definition) is 2. The van der Waals surface area contributed by atoms with E-state index in [-0.39, 0.29) is 42.5 Å². The summed E-state index contributed by atoms with van der Waals surface area (Å²) in [7, 11) is 0. The SMILES string of the molecule is O=C1CCC(C(=O)OCC(=O)c2ccc3c(c2)NC(=O)CO3)=NN1. The average Bonchev–Trinajstić information content (AvgIpc) is 2.59. The number of benzene rings is 1. The van der Waals surface area contributed by atoms with Crippen molar-refractivity contribution in [2.24, 2.45) is 5.10 Å². The highest BCUT2D eigenvalue weighted by Crippen LogP contribution is 2.28. The molecule has 9 nitrogen and oxygen atoms in total. The van der Waals surface area contributed by atoms with E-state index in [9.17, 15) is 19.2 Å². The monoisotopic (exact) mass is 331 g/mol. The molecular weight excluding hydrogens is 318 g/mol. The van der Waals surface area contributed by atoms with Crippen molar-refractivity contribution < 1.29 is 28.7 Å². The van der Waals surface area contributed by atoms with Gasteiger partial charge in [-0.05, 0) is 18.2 Å². The number of Topliss-reactive ketones (excluding diaryl/α,β-unsaturated/α-hetero) is 1. The van der Waals surface area contributed by atoms with E-state index in [0.29, 0.717) is 11.4 Å². The minimum atomic E-state index is -0.752. The van der Waals surface area contributed by atoms with Crippen LogP contribution in [0.1, 0.15) is 23.2 Å². The first kappa shape index (κ1) is 15.7. The van der Waals surface area contributed by atoms with Crippen molar-refractivity contribution in [3.63, 3.8) is 0 Å². The lowest BCUT2D eigenvalue weighted by Crippen LogP contribution is -2.31. The normalized spacial score (nSPS) is 16.1. The summed E-state index contributed by atoms with van der Waals surface area (Å²) in [6.07, 6.45) is 0.313. The quantitative estimate of drug-likeness (QED) is 0.592. The molecule has 0 saturated carbocycles. The van der Waals surface area contributed by atoms with Gasteiger partial charge in [0.25, 0.3) is 5.91 Å². The van der Waals surface area contributed by atoms with E-state index in [1.165, 1.54) is 12.1 Å². The zero-order valence-corrected chi connectivity index (χ0v) is 12.5. The van der Waals surface area contributed by atoms with E-state index in [0.717, 1.165) is 0 Å². The molecule has 0 atom stereocenters. The number of nitrogens with one attached hydrogen (secondary N) is 2. The largest absolute Gasteiger partial charge is 0.482 e. The highest BCUT2D eigenvalue weighted by Gasteiger charge is 2.22. The second kappa shape index (κ2) is 6.49.